The van der Waals surface area contributed by atoms with Gasteiger partial charge in [-0.1, -0.05) is 19.9 Å². The third kappa shape index (κ3) is 3.64. The van der Waals surface area contributed by atoms with Crippen LogP contribution in [0.25, 0.3) is 0 Å². The molecule has 0 saturated carbocycles. The molecule has 0 fully saturated rings. The lowest BCUT2D eigenvalue weighted by Crippen LogP contribution is -2.35. The van der Waals surface area contributed by atoms with Gasteiger partial charge in [0, 0.05) is 12.7 Å². The second-order valence-corrected chi connectivity index (χ2v) is 3.47. The van der Waals surface area contributed by atoms with E-state index in [1.54, 1.807) is 0 Å². The van der Waals surface area contributed by atoms with Crippen LogP contribution in [-0.2, 0) is 0 Å². The van der Waals surface area contributed by atoms with Crippen molar-refractivity contribution in [2.24, 2.45) is 5.73 Å². The van der Waals surface area contributed by atoms with Crippen molar-refractivity contribution < 1.29 is 0 Å². The molecule has 0 heterocycles. The van der Waals surface area contributed by atoms with E-state index in [1.165, 1.54) is 5.57 Å². The second-order valence-electron chi connectivity index (χ2n) is 3.47. The Morgan fingerprint density at radius 2 is 2.15 bits per heavy atom. The molecule has 0 rings (SSSR count). The van der Waals surface area contributed by atoms with Crippen molar-refractivity contribution in [2.75, 3.05) is 7.05 Å². The number of nitrogens with zero attached hydrogens (tertiary/aromatic N) is 1. The molecule has 0 bridgehead atoms. The molecule has 2 N–H and O–H groups in total. The molecule has 0 aromatic carbocycles. The minimum atomic E-state index is 0.0415. The zero-order valence-electron chi connectivity index (χ0n) is 9.30. The van der Waals surface area contributed by atoms with E-state index in [4.69, 9.17) is 5.73 Å². The zero-order chi connectivity index (χ0) is 10.4. The first-order valence-corrected chi connectivity index (χ1v) is 4.85. The Bertz CT molecular complexity index is 192. The van der Waals surface area contributed by atoms with E-state index in [0.717, 1.165) is 18.5 Å². The molecule has 1 unspecified atom stereocenters. The minimum absolute atomic E-state index is 0.0415. The summed E-state index contributed by atoms with van der Waals surface area (Å²) in [5.74, 6) is 0. The first kappa shape index (κ1) is 12.2. The maximum absolute atomic E-state index is 5.79. The van der Waals surface area contributed by atoms with Crippen LogP contribution >= 0.6 is 0 Å². The van der Waals surface area contributed by atoms with Crippen LogP contribution in [0, 0.1) is 0 Å². The number of allylic oxidation sites excluding steroid dienone is 2. The van der Waals surface area contributed by atoms with Crippen LogP contribution in [-0.4, -0.2) is 18.1 Å². The molecule has 2 nitrogen and oxygen atoms in total. The van der Waals surface area contributed by atoms with E-state index < -0.39 is 0 Å². The Balaban J connectivity index is 4.65. The normalized spacial score (nSPS) is 14.8. The largest absolute Gasteiger partial charge is 0.360 e. The lowest BCUT2D eigenvalue weighted by molar-refractivity contribution is 0.336. The van der Waals surface area contributed by atoms with E-state index in [0.29, 0.717) is 0 Å². The number of hydrogen-bond donors (Lipinski definition) is 1. The van der Waals surface area contributed by atoms with Gasteiger partial charge < -0.3 is 10.6 Å². The molecule has 0 aromatic rings. The summed E-state index contributed by atoms with van der Waals surface area (Å²) in [4.78, 5) is 2.05. The topological polar surface area (TPSA) is 29.3 Å². The average Bonchev–Trinajstić information content (AvgIpc) is 2.05. The highest BCUT2D eigenvalue weighted by molar-refractivity contribution is 5.21. The molecular weight excluding hydrogens is 160 g/mol. The predicted molar refractivity (Wildman–Crippen MR) is 59.2 cm³/mol. The summed E-state index contributed by atoms with van der Waals surface area (Å²) in [5, 5.41) is 0. The molecule has 0 radical (unpaired) electrons. The monoisotopic (exact) mass is 182 g/mol. The van der Waals surface area contributed by atoms with Crippen molar-refractivity contribution in [2.45, 2.75) is 39.8 Å². The van der Waals surface area contributed by atoms with Crippen molar-refractivity contribution in [3.05, 3.63) is 23.9 Å². The standard InChI is InChI=1S/C11H22N2/c1-6-8-9(3)11(7-2)13(5)10(4)12/h7,10H,2,6,8,12H2,1,3-5H3/b11-9+. The van der Waals surface area contributed by atoms with Gasteiger partial charge in [0.25, 0.3) is 0 Å². The van der Waals surface area contributed by atoms with Gasteiger partial charge in [-0.05, 0) is 31.9 Å². The highest BCUT2D eigenvalue weighted by Gasteiger charge is 2.07. The van der Waals surface area contributed by atoms with Gasteiger partial charge >= 0.3 is 0 Å². The van der Waals surface area contributed by atoms with Crippen molar-refractivity contribution in [3.63, 3.8) is 0 Å². The van der Waals surface area contributed by atoms with E-state index in [2.05, 4.69) is 25.3 Å². The summed E-state index contributed by atoms with van der Waals surface area (Å²) in [6, 6.07) is 0. The number of rotatable bonds is 5. The Kier molecular flexibility index (Phi) is 5.47. The molecule has 13 heavy (non-hydrogen) atoms. The summed E-state index contributed by atoms with van der Waals surface area (Å²) in [6.45, 7) is 10.1. The highest BCUT2D eigenvalue weighted by Crippen LogP contribution is 2.15. The summed E-state index contributed by atoms with van der Waals surface area (Å²) >= 11 is 0. The van der Waals surface area contributed by atoms with Crippen molar-refractivity contribution in [1.82, 2.24) is 4.90 Å². The Morgan fingerprint density at radius 1 is 1.62 bits per heavy atom. The minimum Gasteiger partial charge on any atom is -0.360 e. The van der Waals surface area contributed by atoms with Crippen LogP contribution in [0.4, 0.5) is 0 Å². The first-order chi connectivity index (χ1) is 6.04. The van der Waals surface area contributed by atoms with Crippen LogP contribution < -0.4 is 5.73 Å². The summed E-state index contributed by atoms with van der Waals surface area (Å²) in [7, 11) is 2.00. The SMILES string of the molecule is C=C/C(=C(/C)CCC)N(C)C(C)N. The van der Waals surface area contributed by atoms with Crippen LogP contribution in [0.15, 0.2) is 23.9 Å². The van der Waals surface area contributed by atoms with Crippen molar-refractivity contribution in [1.29, 1.82) is 0 Å². The number of nitrogens with two attached hydrogens (primary N) is 1. The van der Waals surface area contributed by atoms with Gasteiger partial charge in [0.1, 0.15) is 0 Å². The molecule has 0 aliphatic rings. The smallest absolute Gasteiger partial charge is 0.0738 e. The Morgan fingerprint density at radius 3 is 2.46 bits per heavy atom. The molecular formula is C11H22N2. The lowest BCUT2D eigenvalue weighted by Gasteiger charge is -2.26. The molecule has 0 amide bonds. The van der Waals surface area contributed by atoms with Crippen LogP contribution in [0.2, 0.25) is 0 Å². The fourth-order valence-electron chi connectivity index (χ4n) is 1.34. The summed E-state index contributed by atoms with van der Waals surface area (Å²) in [6.07, 6.45) is 4.20. The fraction of sp³-hybridized carbons (Fsp3) is 0.636. The molecule has 0 saturated heterocycles. The Labute approximate surface area is 82.1 Å². The second kappa shape index (κ2) is 5.81. The summed E-state index contributed by atoms with van der Waals surface area (Å²) in [5.41, 5.74) is 8.31. The average molecular weight is 182 g/mol. The summed E-state index contributed by atoms with van der Waals surface area (Å²) < 4.78 is 0. The van der Waals surface area contributed by atoms with Gasteiger partial charge in [-0.25, -0.2) is 0 Å². The van der Waals surface area contributed by atoms with E-state index >= 15 is 0 Å². The van der Waals surface area contributed by atoms with Gasteiger partial charge in [-0.2, -0.15) is 0 Å². The van der Waals surface area contributed by atoms with E-state index in [1.807, 2.05) is 20.0 Å². The molecule has 0 aliphatic carbocycles. The number of likely N-dealkylation sites (N-methyl/N-ethyl adjacent to an activating group) is 1. The maximum Gasteiger partial charge on any atom is 0.0738 e. The van der Waals surface area contributed by atoms with Gasteiger partial charge in [-0.15, -0.1) is 0 Å². The molecule has 1 atom stereocenters. The van der Waals surface area contributed by atoms with Crippen LogP contribution in [0.1, 0.15) is 33.6 Å². The maximum atomic E-state index is 5.79. The fourth-order valence-corrected chi connectivity index (χ4v) is 1.34. The van der Waals surface area contributed by atoms with Gasteiger partial charge in [0.05, 0.1) is 6.17 Å². The molecule has 0 aliphatic heterocycles. The van der Waals surface area contributed by atoms with E-state index in [-0.39, 0.29) is 6.17 Å². The Hall–Kier alpha value is -0.760. The quantitative estimate of drug-likeness (QED) is 0.523. The molecule has 0 spiro atoms. The zero-order valence-corrected chi connectivity index (χ0v) is 9.30. The first-order valence-electron chi connectivity index (χ1n) is 4.85. The van der Waals surface area contributed by atoms with Crippen molar-refractivity contribution >= 4 is 0 Å². The molecule has 76 valence electrons. The van der Waals surface area contributed by atoms with Crippen LogP contribution in [0.5, 0.6) is 0 Å². The van der Waals surface area contributed by atoms with Gasteiger partial charge in [-0.3, -0.25) is 0 Å². The van der Waals surface area contributed by atoms with Gasteiger partial charge in [0.2, 0.25) is 0 Å². The van der Waals surface area contributed by atoms with Crippen molar-refractivity contribution in [3.8, 4) is 0 Å². The van der Waals surface area contributed by atoms with E-state index in [9.17, 15) is 0 Å². The van der Waals surface area contributed by atoms with Crippen LogP contribution in [0.3, 0.4) is 0 Å². The highest BCUT2D eigenvalue weighted by atomic mass is 15.2. The predicted octanol–water partition coefficient (Wildman–Crippen LogP) is 2.48. The molecule has 0 aromatic heterocycles. The number of hydrogen-bond acceptors (Lipinski definition) is 2. The van der Waals surface area contributed by atoms with Gasteiger partial charge in [0.15, 0.2) is 0 Å². The third-order valence-corrected chi connectivity index (χ3v) is 2.25. The molecule has 2 heteroatoms. The lowest BCUT2D eigenvalue weighted by atomic mass is 10.1. The third-order valence-electron chi connectivity index (χ3n) is 2.25.